The molecule has 4 nitrogen and oxygen atoms in total. The molecule has 0 aliphatic carbocycles. The maximum absolute atomic E-state index is 11.6. The molecule has 0 aromatic heterocycles. The molecule has 0 aliphatic rings. The first-order valence-electron chi connectivity index (χ1n) is 6.08. The van der Waals surface area contributed by atoms with E-state index in [1.807, 2.05) is 30.3 Å². The van der Waals surface area contributed by atoms with Gasteiger partial charge in [-0.1, -0.05) is 18.2 Å². The molecule has 0 N–H and O–H groups in total. The Kier molecular flexibility index (Phi) is 4.15. The number of esters is 1. The summed E-state index contributed by atoms with van der Waals surface area (Å²) in [5.74, 6) is 0.396. The van der Waals surface area contributed by atoms with Crippen LogP contribution in [0.2, 0.25) is 0 Å². The molecule has 102 valence electrons. The average Bonchev–Trinajstić information content (AvgIpc) is 2.47. The number of ketones is 1. The summed E-state index contributed by atoms with van der Waals surface area (Å²) in [7, 11) is 1.28. The van der Waals surface area contributed by atoms with Crippen LogP contribution < -0.4 is 4.74 Å². The van der Waals surface area contributed by atoms with Gasteiger partial charge in [0.1, 0.15) is 11.5 Å². The quantitative estimate of drug-likeness (QED) is 0.630. The van der Waals surface area contributed by atoms with Crippen molar-refractivity contribution < 1.29 is 19.1 Å². The molecular weight excluding hydrogens is 256 g/mol. The number of ether oxygens (including phenoxy) is 2. The van der Waals surface area contributed by atoms with Crippen LogP contribution in [0, 0.1) is 0 Å². The first-order chi connectivity index (χ1) is 9.61. The lowest BCUT2D eigenvalue weighted by molar-refractivity contribution is 0.0597. The van der Waals surface area contributed by atoms with Gasteiger partial charge in [0.2, 0.25) is 0 Å². The summed E-state index contributed by atoms with van der Waals surface area (Å²) >= 11 is 0. The molecule has 0 spiro atoms. The highest BCUT2D eigenvalue weighted by molar-refractivity contribution is 6.05. The third-order valence-corrected chi connectivity index (χ3v) is 2.75. The molecule has 0 saturated heterocycles. The second-order valence-electron chi connectivity index (χ2n) is 4.17. The lowest BCUT2D eigenvalue weighted by Crippen LogP contribution is -2.08. The summed E-state index contributed by atoms with van der Waals surface area (Å²) in [5, 5.41) is 0. The Labute approximate surface area is 116 Å². The number of hydrogen-bond donors (Lipinski definition) is 0. The van der Waals surface area contributed by atoms with Crippen LogP contribution in [0.1, 0.15) is 27.6 Å². The Morgan fingerprint density at radius 2 is 1.60 bits per heavy atom. The normalized spacial score (nSPS) is 9.90. The highest BCUT2D eigenvalue weighted by atomic mass is 16.5. The number of Topliss-reactive ketones (excluding diaryl/α,β-unsaturated/α-hetero) is 1. The van der Waals surface area contributed by atoms with Crippen LogP contribution in [0.25, 0.3) is 0 Å². The molecule has 2 aromatic carbocycles. The van der Waals surface area contributed by atoms with Gasteiger partial charge in [-0.2, -0.15) is 0 Å². The largest absolute Gasteiger partial charge is 0.465 e. The minimum atomic E-state index is -0.540. The van der Waals surface area contributed by atoms with Crippen LogP contribution in [0.5, 0.6) is 11.5 Å². The van der Waals surface area contributed by atoms with Crippen LogP contribution in [0.4, 0.5) is 0 Å². The molecule has 20 heavy (non-hydrogen) atoms. The first-order valence-corrected chi connectivity index (χ1v) is 6.08. The Morgan fingerprint density at radius 3 is 2.20 bits per heavy atom. The van der Waals surface area contributed by atoms with Gasteiger partial charge in [0.05, 0.1) is 12.7 Å². The molecule has 0 saturated carbocycles. The minimum absolute atomic E-state index is 0.219. The lowest BCUT2D eigenvalue weighted by atomic mass is 10.0. The molecule has 0 atom stereocenters. The van der Waals surface area contributed by atoms with Gasteiger partial charge in [0.25, 0.3) is 0 Å². The first kappa shape index (κ1) is 13.8. The zero-order valence-electron chi connectivity index (χ0n) is 11.3. The maximum Gasteiger partial charge on any atom is 0.338 e. The average molecular weight is 270 g/mol. The van der Waals surface area contributed by atoms with E-state index in [2.05, 4.69) is 4.74 Å². The number of carbonyl (C=O) groups excluding carboxylic acids is 2. The van der Waals surface area contributed by atoms with Crippen molar-refractivity contribution >= 4 is 11.8 Å². The van der Waals surface area contributed by atoms with E-state index in [-0.39, 0.29) is 16.9 Å². The second kappa shape index (κ2) is 6.02. The SMILES string of the molecule is COC(=O)c1ccc(Oc2ccccc2)cc1C(C)=O. The van der Waals surface area contributed by atoms with Crippen molar-refractivity contribution in [3.8, 4) is 11.5 Å². The predicted octanol–water partition coefficient (Wildman–Crippen LogP) is 3.47. The Bertz CT molecular complexity index is 632. The van der Waals surface area contributed by atoms with E-state index in [1.165, 1.54) is 20.1 Å². The van der Waals surface area contributed by atoms with Crippen LogP contribution in [-0.4, -0.2) is 18.9 Å². The van der Waals surface area contributed by atoms with E-state index < -0.39 is 5.97 Å². The van der Waals surface area contributed by atoms with Crippen molar-refractivity contribution in [2.75, 3.05) is 7.11 Å². The smallest absolute Gasteiger partial charge is 0.338 e. The summed E-state index contributed by atoms with van der Waals surface area (Å²) in [6.45, 7) is 1.40. The zero-order valence-corrected chi connectivity index (χ0v) is 11.3. The van der Waals surface area contributed by atoms with Gasteiger partial charge in [-0.25, -0.2) is 4.79 Å². The fourth-order valence-corrected chi connectivity index (χ4v) is 1.79. The molecule has 4 heteroatoms. The fourth-order valence-electron chi connectivity index (χ4n) is 1.79. The van der Waals surface area contributed by atoms with Gasteiger partial charge in [0, 0.05) is 5.56 Å². The van der Waals surface area contributed by atoms with Crippen molar-refractivity contribution in [3.05, 3.63) is 59.7 Å². The molecule has 0 heterocycles. The third kappa shape index (κ3) is 3.03. The number of hydrogen-bond acceptors (Lipinski definition) is 4. The van der Waals surface area contributed by atoms with E-state index in [0.29, 0.717) is 11.5 Å². The number of para-hydroxylation sites is 1. The van der Waals surface area contributed by atoms with Crippen molar-refractivity contribution in [1.82, 2.24) is 0 Å². The molecule has 0 aliphatic heterocycles. The Morgan fingerprint density at radius 1 is 0.900 bits per heavy atom. The molecule has 0 amide bonds. The van der Waals surface area contributed by atoms with Crippen LogP contribution >= 0.6 is 0 Å². The van der Waals surface area contributed by atoms with Crippen LogP contribution in [0.3, 0.4) is 0 Å². The standard InChI is InChI=1S/C16H14O4/c1-11(17)15-10-13(8-9-14(15)16(18)19-2)20-12-6-4-3-5-7-12/h3-10H,1-2H3. The van der Waals surface area contributed by atoms with E-state index in [1.54, 1.807) is 12.1 Å². The third-order valence-electron chi connectivity index (χ3n) is 2.75. The van der Waals surface area contributed by atoms with E-state index in [9.17, 15) is 9.59 Å². The molecule has 0 fully saturated rings. The maximum atomic E-state index is 11.6. The second-order valence-corrected chi connectivity index (χ2v) is 4.17. The number of methoxy groups -OCH3 is 1. The van der Waals surface area contributed by atoms with E-state index >= 15 is 0 Å². The zero-order chi connectivity index (χ0) is 14.5. The van der Waals surface area contributed by atoms with Gasteiger partial charge in [-0.3, -0.25) is 4.79 Å². The van der Waals surface area contributed by atoms with Gasteiger partial charge >= 0.3 is 5.97 Å². The van der Waals surface area contributed by atoms with Gasteiger partial charge in [-0.15, -0.1) is 0 Å². The van der Waals surface area contributed by atoms with Crippen molar-refractivity contribution in [3.63, 3.8) is 0 Å². The fraction of sp³-hybridized carbons (Fsp3) is 0.125. The van der Waals surface area contributed by atoms with Crippen molar-refractivity contribution in [2.45, 2.75) is 6.92 Å². The highest BCUT2D eigenvalue weighted by Gasteiger charge is 2.16. The molecule has 0 bridgehead atoms. The topological polar surface area (TPSA) is 52.6 Å². The van der Waals surface area contributed by atoms with Crippen LogP contribution in [-0.2, 0) is 4.74 Å². The minimum Gasteiger partial charge on any atom is -0.465 e. The van der Waals surface area contributed by atoms with Gasteiger partial charge < -0.3 is 9.47 Å². The van der Waals surface area contributed by atoms with Crippen molar-refractivity contribution in [2.24, 2.45) is 0 Å². The number of benzene rings is 2. The lowest BCUT2D eigenvalue weighted by Gasteiger charge is -2.09. The highest BCUT2D eigenvalue weighted by Crippen LogP contribution is 2.24. The summed E-state index contributed by atoms with van der Waals surface area (Å²) < 4.78 is 10.3. The van der Waals surface area contributed by atoms with Gasteiger partial charge in [0.15, 0.2) is 5.78 Å². The summed E-state index contributed by atoms with van der Waals surface area (Å²) in [6, 6.07) is 13.9. The van der Waals surface area contributed by atoms with Crippen LogP contribution in [0.15, 0.2) is 48.5 Å². The molecular formula is C16H14O4. The van der Waals surface area contributed by atoms with Crippen molar-refractivity contribution in [1.29, 1.82) is 0 Å². The molecule has 2 rings (SSSR count). The molecule has 0 radical (unpaired) electrons. The van der Waals surface area contributed by atoms with E-state index in [4.69, 9.17) is 4.74 Å². The monoisotopic (exact) mass is 270 g/mol. The Hall–Kier alpha value is -2.62. The van der Waals surface area contributed by atoms with E-state index in [0.717, 1.165) is 0 Å². The summed E-state index contributed by atoms with van der Waals surface area (Å²) in [5.41, 5.74) is 0.519. The predicted molar refractivity (Wildman–Crippen MR) is 74.3 cm³/mol. The summed E-state index contributed by atoms with van der Waals surface area (Å²) in [4.78, 5) is 23.2. The van der Waals surface area contributed by atoms with Gasteiger partial charge in [-0.05, 0) is 37.3 Å². The molecule has 0 unspecified atom stereocenters. The number of carbonyl (C=O) groups is 2. The molecule has 2 aromatic rings. The Balaban J connectivity index is 2.35. The summed E-state index contributed by atoms with van der Waals surface area (Å²) in [6.07, 6.45) is 0. The number of rotatable bonds is 4.